The fourth-order valence-corrected chi connectivity index (χ4v) is 1.62. The lowest BCUT2D eigenvalue weighted by Crippen LogP contribution is -2.17. The summed E-state index contributed by atoms with van der Waals surface area (Å²) in [6, 6.07) is 8.58. The van der Waals surface area contributed by atoms with Crippen molar-refractivity contribution in [2.24, 2.45) is 0 Å². The predicted octanol–water partition coefficient (Wildman–Crippen LogP) is 4.10. The van der Waals surface area contributed by atoms with Gasteiger partial charge in [0.25, 0.3) is 0 Å². The van der Waals surface area contributed by atoms with Crippen LogP contribution in [0, 0.1) is 5.82 Å². The van der Waals surface area contributed by atoms with Crippen LogP contribution in [-0.4, -0.2) is 11.5 Å². The highest BCUT2D eigenvalue weighted by Gasteiger charge is 2.31. The van der Waals surface area contributed by atoms with Gasteiger partial charge in [-0.25, -0.2) is 4.39 Å². The van der Waals surface area contributed by atoms with Gasteiger partial charge in [-0.1, -0.05) is 18.2 Å². The highest BCUT2D eigenvalue weighted by molar-refractivity contribution is 5.71. The molecule has 2 aromatic carbocycles. The van der Waals surface area contributed by atoms with Crippen molar-refractivity contribution in [2.75, 3.05) is 0 Å². The molecule has 0 bridgehead atoms. The molecule has 2 rings (SSSR count). The van der Waals surface area contributed by atoms with Gasteiger partial charge in [-0.3, -0.25) is 0 Å². The largest absolute Gasteiger partial charge is 0.573 e. The molecular formula is C13H8F4O2. The summed E-state index contributed by atoms with van der Waals surface area (Å²) in [4.78, 5) is 0. The van der Waals surface area contributed by atoms with Gasteiger partial charge in [0.1, 0.15) is 17.3 Å². The molecule has 19 heavy (non-hydrogen) atoms. The summed E-state index contributed by atoms with van der Waals surface area (Å²) in [5.41, 5.74) is 0.186. The molecule has 1 N–H and O–H groups in total. The minimum atomic E-state index is -4.84. The molecule has 2 aromatic rings. The van der Waals surface area contributed by atoms with Crippen molar-refractivity contribution in [3.8, 4) is 22.6 Å². The summed E-state index contributed by atoms with van der Waals surface area (Å²) in [5.74, 6) is -1.64. The van der Waals surface area contributed by atoms with Gasteiger partial charge in [0, 0.05) is 17.2 Å². The summed E-state index contributed by atoms with van der Waals surface area (Å²) < 4.78 is 53.1. The molecule has 6 heteroatoms. The highest BCUT2D eigenvalue weighted by Crippen LogP contribution is 2.35. The molecule has 0 saturated carbocycles. The van der Waals surface area contributed by atoms with Crippen LogP contribution in [0.1, 0.15) is 0 Å². The highest BCUT2D eigenvalue weighted by atomic mass is 19.4. The SMILES string of the molecule is Oc1cc(OC(F)(F)F)ccc1-c1ccccc1F. The summed E-state index contributed by atoms with van der Waals surface area (Å²) in [6.45, 7) is 0. The van der Waals surface area contributed by atoms with Crippen molar-refractivity contribution in [1.29, 1.82) is 0 Å². The van der Waals surface area contributed by atoms with Crippen molar-refractivity contribution in [1.82, 2.24) is 0 Å². The first-order valence-electron chi connectivity index (χ1n) is 5.20. The Hall–Kier alpha value is -2.24. The Bertz CT molecular complexity index is 593. The molecular weight excluding hydrogens is 264 g/mol. The van der Waals surface area contributed by atoms with Crippen LogP contribution in [0.15, 0.2) is 42.5 Å². The van der Waals surface area contributed by atoms with E-state index in [1.807, 2.05) is 0 Å². The molecule has 100 valence electrons. The fourth-order valence-electron chi connectivity index (χ4n) is 1.62. The van der Waals surface area contributed by atoms with E-state index in [2.05, 4.69) is 4.74 Å². The van der Waals surface area contributed by atoms with Gasteiger partial charge in [-0.15, -0.1) is 13.2 Å². The smallest absolute Gasteiger partial charge is 0.507 e. The van der Waals surface area contributed by atoms with Gasteiger partial charge >= 0.3 is 6.36 Å². The maximum Gasteiger partial charge on any atom is 0.573 e. The molecule has 0 fully saturated rings. The van der Waals surface area contributed by atoms with Crippen molar-refractivity contribution < 1.29 is 27.4 Å². The fraction of sp³-hybridized carbons (Fsp3) is 0.0769. The number of rotatable bonds is 2. The quantitative estimate of drug-likeness (QED) is 0.834. The van der Waals surface area contributed by atoms with Gasteiger partial charge in [0.2, 0.25) is 0 Å². The number of hydrogen-bond donors (Lipinski definition) is 1. The number of alkyl halides is 3. The van der Waals surface area contributed by atoms with Crippen molar-refractivity contribution >= 4 is 0 Å². The van der Waals surface area contributed by atoms with E-state index in [1.165, 1.54) is 18.2 Å². The number of hydrogen-bond acceptors (Lipinski definition) is 2. The topological polar surface area (TPSA) is 29.5 Å². The maximum absolute atomic E-state index is 13.5. The van der Waals surface area contributed by atoms with E-state index in [4.69, 9.17) is 0 Å². The molecule has 0 amide bonds. The van der Waals surface area contributed by atoms with Crippen LogP contribution in [0.25, 0.3) is 11.1 Å². The van der Waals surface area contributed by atoms with Crippen LogP contribution in [0.3, 0.4) is 0 Å². The first kappa shape index (κ1) is 13.2. The van der Waals surface area contributed by atoms with E-state index in [0.717, 1.165) is 18.2 Å². The Balaban J connectivity index is 2.38. The molecule has 0 aliphatic carbocycles. The second-order valence-electron chi connectivity index (χ2n) is 3.71. The first-order chi connectivity index (χ1) is 8.87. The average molecular weight is 272 g/mol. The maximum atomic E-state index is 13.5. The Morgan fingerprint density at radius 3 is 2.21 bits per heavy atom. The van der Waals surface area contributed by atoms with Gasteiger partial charge < -0.3 is 9.84 Å². The normalized spacial score (nSPS) is 11.4. The van der Waals surface area contributed by atoms with Crippen LogP contribution in [-0.2, 0) is 0 Å². The van der Waals surface area contributed by atoms with Crippen molar-refractivity contribution in [3.63, 3.8) is 0 Å². The van der Waals surface area contributed by atoms with Crippen molar-refractivity contribution in [3.05, 3.63) is 48.3 Å². The van der Waals surface area contributed by atoms with Crippen molar-refractivity contribution in [2.45, 2.75) is 6.36 Å². The van der Waals surface area contributed by atoms with Gasteiger partial charge in [-0.05, 0) is 18.2 Å². The van der Waals surface area contributed by atoms with Crippen LogP contribution in [0.5, 0.6) is 11.5 Å². The monoisotopic (exact) mass is 272 g/mol. The second-order valence-corrected chi connectivity index (χ2v) is 3.71. The lowest BCUT2D eigenvalue weighted by molar-refractivity contribution is -0.274. The number of phenolic OH excluding ortho intramolecular Hbond substituents is 1. The van der Waals surface area contributed by atoms with Crippen LogP contribution in [0.2, 0.25) is 0 Å². The lowest BCUT2D eigenvalue weighted by Gasteiger charge is -2.11. The van der Waals surface area contributed by atoms with E-state index in [0.29, 0.717) is 0 Å². The molecule has 0 heterocycles. The molecule has 0 spiro atoms. The zero-order valence-electron chi connectivity index (χ0n) is 9.41. The molecule has 0 aliphatic heterocycles. The second kappa shape index (κ2) is 4.79. The third-order valence-corrected chi connectivity index (χ3v) is 2.37. The Labute approximate surface area is 105 Å². The number of halogens is 4. The number of benzene rings is 2. The van der Waals surface area contributed by atoms with E-state index >= 15 is 0 Å². The van der Waals surface area contributed by atoms with Crippen LogP contribution < -0.4 is 4.74 Å². The van der Waals surface area contributed by atoms with Crippen LogP contribution in [0.4, 0.5) is 17.6 Å². The van der Waals surface area contributed by atoms with Gasteiger partial charge in [0.15, 0.2) is 0 Å². The lowest BCUT2D eigenvalue weighted by atomic mass is 10.0. The first-order valence-corrected chi connectivity index (χ1v) is 5.20. The summed E-state index contributed by atoms with van der Waals surface area (Å²) >= 11 is 0. The molecule has 2 nitrogen and oxygen atoms in total. The Morgan fingerprint density at radius 1 is 0.947 bits per heavy atom. The van der Waals surface area contributed by atoms with Gasteiger partial charge in [-0.2, -0.15) is 0 Å². The zero-order chi connectivity index (χ0) is 14.0. The minimum absolute atomic E-state index is 0.0904. The zero-order valence-corrected chi connectivity index (χ0v) is 9.41. The third kappa shape index (κ3) is 3.15. The standard InChI is InChI=1S/C13H8F4O2/c14-11-4-2-1-3-9(11)10-6-5-8(7-12(10)18)19-13(15,16)17/h1-7,18H. The van der Waals surface area contributed by atoms with E-state index in [1.54, 1.807) is 6.07 Å². The average Bonchev–Trinajstić information content (AvgIpc) is 2.28. The minimum Gasteiger partial charge on any atom is -0.507 e. The van der Waals surface area contributed by atoms with E-state index in [9.17, 15) is 22.7 Å². The van der Waals surface area contributed by atoms with Gasteiger partial charge in [0.05, 0.1) is 0 Å². The number of ether oxygens (including phenoxy) is 1. The van der Waals surface area contributed by atoms with E-state index in [-0.39, 0.29) is 11.1 Å². The molecule has 0 unspecified atom stereocenters. The Morgan fingerprint density at radius 2 is 1.63 bits per heavy atom. The number of aromatic hydroxyl groups is 1. The summed E-state index contributed by atoms with van der Waals surface area (Å²) in [5, 5.41) is 9.65. The molecule has 0 radical (unpaired) electrons. The number of phenols is 1. The predicted molar refractivity (Wildman–Crippen MR) is 60.2 cm³/mol. The van der Waals surface area contributed by atoms with E-state index < -0.39 is 23.7 Å². The molecule has 0 saturated heterocycles. The molecule has 0 aliphatic rings. The Kier molecular flexibility index (Phi) is 3.33. The molecule has 0 aromatic heterocycles. The summed E-state index contributed by atoms with van der Waals surface area (Å²) in [6.07, 6.45) is -4.84. The van der Waals surface area contributed by atoms with Crippen LogP contribution >= 0.6 is 0 Å². The third-order valence-electron chi connectivity index (χ3n) is 2.37. The molecule has 0 atom stereocenters. The summed E-state index contributed by atoms with van der Waals surface area (Å²) in [7, 11) is 0.